The Kier molecular flexibility index (Phi) is 6.60. The van der Waals surface area contributed by atoms with Crippen LogP contribution in [0.1, 0.15) is 0 Å². The van der Waals surface area contributed by atoms with Crippen molar-refractivity contribution in [1.29, 1.82) is 0 Å². The minimum absolute atomic E-state index is 0.531. The number of alkyl halides is 2. The predicted octanol–water partition coefficient (Wildman–Crippen LogP) is 1.15. The van der Waals surface area contributed by atoms with Crippen molar-refractivity contribution < 1.29 is 0 Å². The molecular weight excluding hydrogens is 318 g/mol. The van der Waals surface area contributed by atoms with Crippen LogP contribution in [0.3, 0.4) is 0 Å². The van der Waals surface area contributed by atoms with Gasteiger partial charge in [-0.05, 0) is 0 Å². The Labute approximate surface area is 61.3 Å². The van der Waals surface area contributed by atoms with Gasteiger partial charge in [0.1, 0.15) is 0 Å². The number of nitrogens with one attached hydrogen (secondary N) is 2. The molecule has 0 aromatic carbocycles. The molecule has 0 radical (unpaired) electrons. The Balaban J connectivity index is 2.68. The third-order valence-corrected chi connectivity index (χ3v) is 3.79. The van der Waals surface area contributed by atoms with Crippen molar-refractivity contribution in [1.82, 2.24) is 10.9 Å². The summed E-state index contributed by atoms with van der Waals surface area (Å²) >= 11 is 1.99. The second-order valence-corrected chi connectivity index (χ2v) is 14.1. The molecule has 0 aliphatic rings. The van der Waals surface area contributed by atoms with Gasteiger partial charge in [0, 0.05) is 0 Å². The zero-order valence-corrected chi connectivity index (χ0v) is 8.78. The second-order valence-electron chi connectivity index (χ2n) is 1.07. The van der Waals surface area contributed by atoms with E-state index < -0.39 is 15.8 Å². The fourth-order valence-electron chi connectivity index (χ4n) is 0.159. The van der Waals surface area contributed by atoms with Gasteiger partial charge < -0.3 is 0 Å². The van der Waals surface area contributed by atoms with Gasteiger partial charge in [-0.15, -0.1) is 0 Å². The Morgan fingerprint density at radius 1 is 1.71 bits per heavy atom. The quantitative estimate of drug-likeness (QED) is 0.352. The van der Waals surface area contributed by atoms with E-state index >= 15 is 0 Å². The zero-order valence-electron chi connectivity index (χ0n) is 4.46. The van der Waals surface area contributed by atoms with E-state index in [2.05, 4.69) is 34.4 Å². The Morgan fingerprint density at radius 2 is 2.29 bits per heavy atom. The molecule has 0 amide bonds. The van der Waals surface area contributed by atoms with E-state index in [4.69, 9.17) is 0 Å². The van der Waals surface area contributed by atoms with Crippen LogP contribution in [0.5, 0.6) is 0 Å². The van der Waals surface area contributed by atoms with Crippen LogP contribution < -0.4 is 10.9 Å². The average Bonchev–Trinajstić information content (AvgIpc) is 1.61. The molecule has 0 aliphatic heterocycles. The van der Waals surface area contributed by atoms with E-state index in [0.29, 0.717) is 0 Å². The van der Waals surface area contributed by atoms with Crippen molar-refractivity contribution in [2.24, 2.45) is 0 Å². The molecule has 2 N–H and O–H groups in total. The van der Waals surface area contributed by atoms with Crippen molar-refractivity contribution in [3.05, 3.63) is 0 Å². The van der Waals surface area contributed by atoms with Gasteiger partial charge in [0.2, 0.25) is 0 Å². The van der Waals surface area contributed by atoms with Crippen LogP contribution in [0, 0.1) is 0 Å². The van der Waals surface area contributed by atoms with Crippen LogP contribution in [-0.4, -0.2) is 16.5 Å². The monoisotopic (exact) mass is 328 g/mol. The number of hydrogen-bond acceptors (Lipinski definition) is 2. The van der Waals surface area contributed by atoms with Crippen LogP contribution in [0.2, 0.25) is 0 Å². The van der Waals surface area contributed by atoms with Gasteiger partial charge in [-0.3, -0.25) is 0 Å². The molecule has 0 fully saturated rings. The molecule has 7 heavy (non-hydrogen) atoms. The normalized spacial score (nSPS) is 11.6. The number of hydrogen-bond donors (Lipinski definition) is 2. The van der Waals surface area contributed by atoms with Crippen molar-refractivity contribution in [3.63, 3.8) is 0 Å². The molecular formula is C3H10I2N2. The summed E-state index contributed by atoms with van der Waals surface area (Å²) in [6, 6.07) is 0. The second kappa shape index (κ2) is 5.52. The number of hydrazine groups is 1. The molecule has 2 nitrogen and oxygen atoms in total. The van der Waals surface area contributed by atoms with E-state index in [1.54, 1.807) is 0 Å². The van der Waals surface area contributed by atoms with Gasteiger partial charge in [0.25, 0.3) is 0 Å². The van der Waals surface area contributed by atoms with E-state index in [1.807, 2.05) is 7.05 Å². The summed E-state index contributed by atoms with van der Waals surface area (Å²) in [5.41, 5.74) is 5.94. The van der Waals surface area contributed by atoms with Crippen molar-refractivity contribution in [2.75, 3.05) is 16.5 Å². The molecule has 0 rings (SSSR count). The first-order valence-corrected chi connectivity index (χ1v) is 11.9. The SMILES string of the molecule is CNNCI(C)I. The minimum atomic E-state index is -0.531. The molecule has 0 saturated heterocycles. The van der Waals surface area contributed by atoms with Gasteiger partial charge in [0.05, 0.1) is 0 Å². The molecule has 46 valence electrons. The third-order valence-electron chi connectivity index (χ3n) is 0.428. The molecule has 0 unspecified atom stereocenters. The maximum absolute atomic E-state index is 3.06. The van der Waals surface area contributed by atoms with E-state index in [1.165, 1.54) is 4.55 Å². The summed E-state index contributed by atoms with van der Waals surface area (Å²) in [5.74, 6) is 0. The van der Waals surface area contributed by atoms with E-state index in [9.17, 15) is 0 Å². The van der Waals surface area contributed by atoms with Crippen LogP contribution in [0.4, 0.5) is 0 Å². The molecule has 0 aliphatic carbocycles. The summed E-state index contributed by atoms with van der Waals surface area (Å²) in [6.07, 6.45) is 0. The van der Waals surface area contributed by atoms with Gasteiger partial charge >= 0.3 is 61.8 Å². The fourth-order valence-corrected chi connectivity index (χ4v) is 2.03. The zero-order chi connectivity index (χ0) is 5.70. The third kappa shape index (κ3) is 7.38. The molecule has 0 saturated carbocycles. The predicted molar refractivity (Wildman–Crippen MR) is 51.0 cm³/mol. The molecule has 0 aromatic rings. The topological polar surface area (TPSA) is 24.1 Å². The first-order valence-electron chi connectivity index (χ1n) is 1.89. The fraction of sp³-hybridized carbons (Fsp3) is 1.00. The summed E-state index contributed by atoms with van der Waals surface area (Å²) in [4.78, 5) is 2.31. The van der Waals surface area contributed by atoms with E-state index in [-0.39, 0.29) is 0 Å². The number of rotatable bonds is 3. The Hall–Kier alpha value is 1.38. The van der Waals surface area contributed by atoms with Gasteiger partial charge in [0.15, 0.2) is 0 Å². The Bertz CT molecular complexity index is 39.9. The molecule has 0 heterocycles. The Morgan fingerprint density at radius 3 is 2.43 bits per heavy atom. The summed E-state index contributed by atoms with van der Waals surface area (Å²) in [5, 5.41) is 0. The van der Waals surface area contributed by atoms with Crippen molar-refractivity contribution in [2.45, 2.75) is 0 Å². The summed E-state index contributed by atoms with van der Waals surface area (Å²) in [7, 11) is 1.90. The average molecular weight is 328 g/mol. The molecule has 0 bridgehead atoms. The standard InChI is InChI=1S/C3H10I2N2/c1-5(4)3-7-6-2/h6-7H,3H2,1-2H3. The summed E-state index contributed by atoms with van der Waals surface area (Å²) < 4.78 is 1.18. The van der Waals surface area contributed by atoms with Gasteiger partial charge in [-0.1, -0.05) is 0 Å². The van der Waals surface area contributed by atoms with Crippen LogP contribution in [-0.2, 0) is 0 Å². The van der Waals surface area contributed by atoms with Crippen molar-refractivity contribution >= 4 is 34.5 Å². The van der Waals surface area contributed by atoms with Gasteiger partial charge in [-0.25, -0.2) is 0 Å². The van der Waals surface area contributed by atoms with Crippen LogP contribution >= 0.6 is 34.5 Å². The first-order chi connectivity index (χ1) is 3.27. The molecule has 0 spiro atoms. The van der Waals surface area contributed by atoms with Crippen LogP contribution in [0.15, 0.2) is 0 Å². The van der Waals surface area contributed by atoms with Crippen molar-refractivity contribution in [3.8, 4) is 0 Å². The number of halogens is 2. The van der Waals surface area contributed by atoms with Crippen LogP contribution in [0.25, 0.3) is 0 Å². The maximum atomic E-state index is 3.06. The molecule has 0 atom stereocenters. The molecule has 0 aromatic heterocycles. The first kappa shape index (κ1) is 8.38. The molecule has 4 heteroatoms. The van der Waals surface area contributed by atoms with Gasteiger partial charge in [-0.2, -0.15) is 0 Å². The summed E-state index contributed by atoms with van der Waals surface area (Å²) in [6.45, 7) is 0. The van der Waals surface area contributed by atoms with E-state index in [0.717, 1.165) is 0 Å².